The minimum Gasteiger partial charge on any atom is -0.468 e. The maximum Gasteiger partial charge on any atom is 0.188 e. The summed E-state index contributed by atoms with van der Waals surface area (Å²) in [5, 5.41) is 9.75. The lowest BCUT2D eigenvalue weighted by Gasteiger charge is -2.25. The van der Waals surface area contributed by atoms with Gasteiger partial charge >= 0.3 is 0 Å². The van der Waals surface area contributed by atoms with Crippen molar-refractivity contribution in [2.45, 2.75) is 31.9 Å². The predicted octanol–water partition coefficient (Wildman–Crippen LogP) is 1.31. The topological polar surface area (TPSA) is 64.7 Å². The van der Waals surface area contributed by atoms with Gasteiger partial charge in [-0.2, -0.15) is 0 Å². The quantitative estimate of drug-likeness (QED) is 0.735. The Morgan fingerprint density at radius 3 is 2.35 bits per heavy atom. The van der Waals surface area contributed by atoms with Gasteiger partial charge in [-0.15, -0.1) is 0 Å². The van der Waals surface area contributed by atoms with E-state index < -0.39 is 5.60 Å². The van der Waals surface area contributed by atoms with Gasteiger partial charge in [-0.05, 0) is 38.0 Å². The fraction of sp³-hybridized carbons (Fsp3) is 0.538. The SMILES string of the molecule is COCOc1ccc(CC(N)C(C)(C)O)cc1. The molecule has 3 N–H and O–H groups in total. The summed E-state index contributed by atoms with van der Waals surface area (Å²) in [4.78, 5) is 0. The van der Waals surface area contributed by atoms with Crippen LogP contribution in [0, 0.1) is 0 Å². The Kier molecular flexibility index (Phi) is 4.93. The van der Waals surface area contributed by atoms with Gasteiger partial charge in [0.25, 0.3) is 0 Å². The minimum atomic E-state index is -0.870. The molecule has 96 valence electrons. The fourth-order valence-corrected chi connectivity index (χ4v) is 1.35. The largest absolute Gasteiger partial charge is 0.468 e. The second-order valence-corrected chi connectivity index (χ2v) is 4.66. The summed E-state index contributed by atoms with van der Waals surface area (Å²) < 4.78 is 10.1. The zero-order valence-electron chi connectivity index (χ0n) is 10.6. The minimum absolute atomic E-state index is 0.239. The lowest BCUT2D eigenvalue weighted by atomic mass is 9.93. The Morgan fingerprint density at radius 2 is 1.88 bits per heavy atom. The number of aliphatic hydroxyl groups is 1. The van der Waals surface area contributed by atoms with Crippen LogP contribution >= 0.6 is 0 Å². The van der Waals surface area contributed by atoms with Crippen molar-refractivity contribution in [2.75, 3.05) is 13.9 Å². The molecule has 1 unspecified atom stereocenters. The van der Waals surface area contributed by atoms with E-state index in [1.165, 1.54) is 0 Å². The van der Waals surface area contributed by atoms with Gasteiger partial charge in [0.2, 0.25) is 0 Å². The monoisotopic (exact) mass is 239 g/mol. The van der Waals surface area contributed by atoms with Crippen molar-refractivity contribution >= 4 is 0 Å². The van der Waals surface area contributed by atoms with Gasteiger partial charge in [-0.3, -0.25) is 0 Å². The van der Waals surface area contributed by atoms with Gasteiger partial charge in [0.1, 0.15) is 5.75 Å². The van der Waals surface area contributed by atoms with E-state index in [2.05, 4.69) is 0 Å². The molecule has 0 spiro atoms. The highest BCUT2D eigenvalue weighted by Crippen LogP contribution is 2.16. The van der Waals surface area contributed by atoms with E-state index in [1.54, 1.807) is 21.0 Å². The van der Waals surface area contributed by atoms with Crippen molar-refractivity contribution in [2.24, 2.45) is 5.73 Å². The van der Waals surface area contributed by atoms with Crippen molar-refractivity contribution < 1.29 is 14.6 Å². The van der Waals surface area contributed by atoms with Crippen LogP contribution in [0.25, 0.3) is 0 Å². The molecule has 0 aliphatic carbocycles. The van der Waals surface area contributed by atoms with Gasteiger partial charge in [0.05, 0.1) is 5.60 Å². The van der Waals surface area contributed by atoms with Crippen LogP contribution in [0.5, 0.6) is 5.75 Å². The molecule has 1 aromatic rings. The molecule has 0 saturated heterocycles. The Labute approximate surface area is 102 Å². The lowest BCUT2D eigenvalue weighted by molar-refractivity contribution is 0.0509. The van der Waals surface area contributed by atoms with Gasteiger partial charge in [-0.1, -0.05) is 12.1 Å². The molecule has 0 saturated carbocycles. The highest BCUT2D eigenvalue weighted by Gasteiger charge is 2.22. The van der Waals surface area contributed by atoms with Crippen LogP contribution < -0.4 is 10.5 Å². The molecule has 17 heavy (non-hydrogen) atoms. The fourth-order valence-electron chi connectivity index (χ4n) is 1.35. The molecule has 1 atom stereocenters. The number of methoxy groups -OCH3 is 1. The third-order valence-corrected chi connectivity index (χ3v) is 2.63. The highest BCUT2D eigenvalue weighted by molar-refractivity contribution is 5.27. The first-order chi connectivity index (χ1) is 7.93. The summed E-state index contributed by atoms with van der Waals surface area (Å²) in [6.45, 7) is 3.67. The molecule has 0 aromatic heterocycles. The van der Waals surface area contributed by atoms with Crippen LogP contribution in [0.4, 0.5) is 0 Å². The molecule has 1 aromatic carbocycles. The van der Waals surface area contributed by atoms with E-state index in [1.807, 2.05) is 24.3 Å². The second-order valence-electron chi connectivity index (χ2n) is 4.66. The van der Waals surface area contributed by atoms with Crippen molar-refractivity contribution in [3.63, 3.8) is 0 Å². The van der Waals surface area contributed by atoms with Crippen molar-refractivity contribution in [1.29, 1.82) is 0 Å². The maximum atomic E-state index is 9.75. The number of hydrogen-bond donors (Lipinski definition) is 2. The number of ether oxygens (including phenoxy) is 2. The van der Waals surface area contributed by atoms with Gasteiger partial charge in [0.15, 0.2) is 6.79 Å². The molecule has 0 bridgehead atoms. The highest BCUT2D eigenvalue weighted by atomic mass is 16.7. The molecule has 0 amide bonds. The first-order valence-electron chi connectivity index (χ1n) is 5.62. The maximum absolute atomic E-state index is 9.75. The summed E-state index contributed by atoms with van der Waals surface area (Å²) >= 11 is 0. The molecule has 0 radical (unpaired) electrons. The molecule has 0 aliphatic rings. The van der Waals surface area contributed by atoms with E-state index in [0.29, 0.717) is 6.42 Å². The Balaban J connectivity index is 2.56. The van der Waals surface area contributed by atoms with Crippen molar-refractivity contribution in [3.8, 4) is 5.75 Å². The normalized spacial score (nSPS) is 13.5. The predicted molar refractivity (Wildman–Crippen MR) is 66.9 cm³/mol. The third-order valence-electron chi connectivity index (χ3n) is 2.63. The van der Waals surface area contributed by atoms with Gasteiger partial charge < -0.3 is 20.3 Å². The molecule has 4 nitrogen and oxygen atoms in total. The second kappa shape index (κ2) is 6.00. The van der Waals surface area contributed by atoms with E-state index in [9.17, 15) is 5.11 Å². The number of rotatable bonds is 6. The van der Waals surface area contributed by atoms with Crippen LogP contribution in [0.1, 0.15) is 19.4 Å². The molecule has 1 rings (SSSR count). The van der Waals surface area contributed by atoms with Crippen LogP contribution in [0.15, 0.2) is 24.3 Å². The summed E-state index contributed by atoms with van der Waals surface area (Å²) in [6.07, 6.45) is 0.633. The first-order valence-corrected chi connectivity index (χ1v) is 5.62. The van der Waals surface area contributed by atoms with Crippen LogP contribution in [0.2, 0.25) is 0 Å². The van der Waals surface area contributed by atoms with Crippen molar-refractivity contribution in [1.82, 2.24) is 0 Å². The zero-order chi connectivity index (χ0) is 12.9. The molecule has 0 aliphatic heterocycles. The lowest BCUT2D eigenvalue weighted by Crippen LogP contribution is -2.44. The average Bonchev–Trinajstić information content (AvgIpc) is 2.27. The Morgan fingerprint density at radius 1 is 1.29 bits per heavy atom. The number of hydrogen-bond acceptors (Lipinski definition) is 4. The molecule has 4 heteroatoms. The molecular formula is C13H21NO3. The van der Waals surface area contributed by atoms with E-state index in [-0.39, 0.29) is 12.8 Å². The summed E-state index contributed by atoms with van der Waals surface area (Å²) in [5.74, 6) is 0.757. The first kappa shape index (κ1) is 14.0. The smallest absolute Gasteiger partial charge is 0.188 e. The molecule has 0 heterocycles. The van der Waals surface area contributed by atoms with Crippen molar-refractivity contribution in [3.05, 3.63) is 29.8 Å². The van der Waals surface area contributed by atoms with E-state index in [4.69, 9.17) is 15.2 Å². The van der Waals surface area contributed by atoms with Crippen LogP contribution in [-0.2, 0) is 11.2 Å². The van der Waals surface area contributed by atoms with Gasteiger partial charge in [-0.25, -0.2) is 0 Å². The number of nitrogens with two attached hydrogens (primary N) is 1. The van der Waals surface area contributed by atoms with Crippen LogP contribution in [0.3, 0.4) is 0 Å². The summed E-state index contributed by atoms with van der Waals surface area (Å²) in [5.41, 5.74) is 6.10. The molecular weight excluding hydrogens is 218 g/mol. The number of benzene rings is 1. The van der Waals surface area contributed by atoms with Gasteiger partial charge in [0, 0.05) is 13.2 Å². The zero-order valence-corrected chi connectivity index (χ0v) is 10.6. The summed E-state index contributed by atoms with van der Waals surface area (Å²) in [7, 11) is 1.58. The average molecular weight is 239 g/mol. The van der Waals surface area contributed by atoms with Crippen LogP contribution in [-0.4, -0.2) is 30.7 Å². The Hall–Kier alpha value is -1.10. The Bertz CT molecular complexity index is 330. The van der Waals surface area contributed by atoms with E-state index >= 15 is 0 Å². The standard InChI is InChI=1S/C13H21NO3/c1-13(2,15)12(14)8-10-4-6-11(7-5-10)17-9-16-3/h4-7,12,15H,8-9,14H2,1-3H3. The summed E-state index contributed by atoms with van der Waals surface area (Å²) in [6, 6.07) is 7.33. The van der Waals surface area contributed by atoms with E-state index in [0.717, 1.165) is 11.3 Å². The molecule has 0 fully saturated rings. The third kappa shape index (κ3) is 4.73.